The molecule has 1 heterocycles. The Labute approximate surface area is 103 Å². The van der Waals surface area contributed by atoms with Crippen LogP contribution in [0.3, 0.4) is 0 Å². The van der Waals surface area contributed by atoms with Gasteiger partial charge in [-0.3, -0.25) is 4.79 Å². The lowest BCUT2D eigenvalue weighted by Gasteiger charge is -2.39. The molecule has 2 fully saturated rings. The molecule has 0 atom stereocenters. The maximum Gasteiger partial charge on any atom is 0.313 e. The smallest absolute Gasteiger partial charge is 0.313 e. The fourth-order valence-electron chi connectivity index (χ4n) is 2.74. The first-order valence-corrected chi connectivity index (χ1v) is 6.64. The van der Waals surface area contributed by atoms with Gasteiger partial charge < -0.3 is 14.8 Å². The van der Waals surface area contributed by atoms with E-state index in [9.17, 15) is 4.79 Å². The summed E-state index contributed by atoms with van der Waals surface area (Å²) in [7, 11) is 1.49. The lowest BCUT2D eigenvalue weighted by molar-refractivity contribution is -0.158. The van der Waals surface area contributed by atoms with Gasteiger partial charge in [-0.2, -0.15) is 0 Å². The van der Waals surface area contributed by atoms with Crippen LogP contribution in [0.25, 0.3) is 0 Å². The number of nitrogens with one attached hydrogen (secondary N) is 1. The summed E-state index contributed by atoms with van der Waals surface area (Å²) in [5.41, 5.74) is -0.222. The largest absolute Gasteiger partial charge is 0.469 e. The van der Waals surface area contributed by atoms with E-state index in [2.05, 4.69) is 5.32 Å². The average Bonchev–Trinajstić information content (AvgIpc) is 2.33. The zero-order valence-corrected chi connectivity index (χ0v) is 10.7. The predicted molar refractivity (Wildman–Crippen MR) is 64.7 cm³/mol. The number of methoxy groups -OCH3 is 1. The number of hydrogen-bond acceptors (Lipinski definition) is 4. The van der Waals surface area contributed by atoms with Crippen molar-refractivity contribution in [2.24, 2.45) is 11.3 Å². The van der Waals surface area contributed by atoms with Gasteiger partial charge in [-0.1, -0.05) is 6.42 Å². The molecule has 0 bridgehead atoms. The number of rotatable bonds is 5. The lowest BCUT2D eigenvalue weighted by Crippen LogP contribution is -2.47. The van der Waals surface area contributed by atoms with Crippen LogP contribution in [0.1, 0.15) is 32.1 Å². The van der Waals surface area contributed by atoms with Gasteiger partial charge in [-0.15, -0.1) is 0 Å². The van der Waals surface area contributed by atoms with E-state index in [0.717, 1.165) is 58.4 Å². The third kappa shape index (κ3) is 2.99. The van der Waals surface area contributed by atoms with Crippen molar-refractivity contribution in [3.05, 3.63) is 0 Å². The first-order chi connectivity index (χ1) is 8.27. The molecule has 1 saturated carbocycles. The first-order valence-electron chi connectivity index (χ1n) is 6.64. The summed E-state index contributed by atoms with van der Waals surface area (Å²) in [4.78, 5) is 11.7. The highest BCUT2D eigenvalue weighted by molar-refractivity contribution is 5.78. The molecular formula is C13H23NO3. The van der Waals surface area contributed by atoms with Crippen molar-refractivity contribution < 1.29 is 14.3 Å². The van der Waals surface area contributed by atoms with E-state index < -0.39 is 0 Å². The SMILES string of the molecule is COC(=O)C1(CNCC2CCOCC2)CCC1. The Morgan fingerprint density at radius 3 is 2.65 bits per heavy atom. The standard InChI is InChI=1S/C13H23NO3/c1-16-12(15)13(5-2-6-13)10-14-9-11-3-7-17-8-4-11/h11,14H,2-10H2,1H3. The summed E-state index contributed by atoms with van der Waals surface area (Å²) in [5, 5.41) is 3.46. The molecule has 1 saturated heterocycles. The van der Waals surface area contributed by atoms with E-state index in [4.69, 9.17) is 9.47 Å². The van der Waals surface area contributed by atoms with Crippen LogP contribution in [-0.4, -0.2) is 39.4 Å². The molecule has 0 aromatic carbocycles. The van der Waals surface area contributed by atoms with Gasteiger partial charge in [0.05, 0.1) is 12.5 Å². The van der Waals surface area contributed by atoms with Crippen LogP contribution in [0.15, 0.2) is 0 Å². The zero-order valence-electron chi connectivity index (χ0n) is 10.7. The molecule has 1 N–H and O–H groups in total. The summed E-state index contributed by atoms with van der Waals surface area (Å²) in [5.74, 6) is 0.668. The minimum absolute atomic E-state index is 0.0387. The molecule has 98 valence electrons. The van der Waals surface area contributed by atoms with Crippen molar-refractivity contribution in [3.8, 4) is 0 Å². The van der Waals surface area contributed by atoms with Crippen LogP contribution < -0.4 is 5.32 Å². The van der Waals surface area contributed by atoms with Crippen LogP contribution in [0, 0.1) is 11.3 Å². The van der Waals surface area contributed by atoms with Gasteiger partial charge in [0, 0.05) is 19.8 Å². The van der Waals surface area contributed by atoms with Crippen molar-refractivity contribution in [1.29, 1.82) is 0 Å². The summed E-state index contributed by atoms with van der Waals surface area (Å²) < 4.78 is 10.2. The summed E-state index contributed by atoms with van der Waals surface area (Å²) in [6.07, 6.45) is 5.37. The van der Waals surface area contributed by atoms with Crippen molar-refractivity contribution in [1.82, 2.24) is 5.32 Å². The van der Waals surface area contributed by atoms with E-state index in [0.29, 0.717) is 5.92 Å². The molecular weight excluding hydrogens is 218 g/mol. The molecule has 1 aliphatic heterocycles. The Morgan fingerprint density at radius 2 is 2.12 bits per heavy atom. The molecule has 2 rings (SSSR count). The van der Waals surface area contributed by atoms with Crippen LogP contribution in [0.2, 0.25) is 0 Å². The minimum Gasteiger partial charge on any atom is -0.469 e. The maximum absolute atomic E-state index is 11.7. The Balaban J connectivity index is 1.71. The highest BCUT2D eigenvalue weighted by Gasteiger charge is 2.44. The summed E-state index contributed by atoms with van der Waals surface area (Å²) >= 11 is 0. The molecule has 4 heteroatoms. The van der Waals surface area contributed by atoms with Gasteiger partial charge in [-0.25, -0.2) is 0 Å². The molecule has 0 unspecified atom stereocenters. The van der Waals surface area contributed by atoms with Gasteiger partial charge in [-0.05, 0) is 38.1 Å². The first kappa shape index (κ1) is 12.8. The van der Waals surface area contributed by atoms with Crippen molar-refractivity contribution >= 4 is 5.97 Å². The second kappa shape index (κ2) is 5.83. The normalized spacial score (nSPS) is 24.1. The van der Waals surface area contributed by atoms with E-state index in [1.165, 1.54) is 7.11 Å². The van der Waals surface area contributed by atoms with Crippen molar-refractivity contribution in [2.45, 2.75) is 32.1 Å². The molecule has 0 spiro atoms. The van der Waals surface area contributed by atoms with E-state index >= 15 is 0 Å². The molecule has 17 heavy (non-hydrogen) atoms. The Hall–Kier alpha value is -0.610. The van der Waals surface area contributed by atoms with Gasteiger partial charge in [0.1, 0.15) is 0 Å². The maximum atomic E-state index is 11.7. The summed E-state index contributed by atoms with van der Waals surface area (Å²) in [6.45, 7) is 3.54. The molecule has 1 aliphatic carbocycles. The fraction of sp³-hybridized carbons (Fsp3) is 0.923. The van der Waals surface area contributed by atoms with E-state index in [1.807, 2.05) is 0 Å². The van der Waals surface area contributed by atoms with Gasteiger partial charge in [0.25, 0.3) is 0 Å². The number of esters is 1. The molecule has 0 amide bonds. The minimum atomic E-state index is -0.222. The highest BCUT2D eigenvalue weighted by Crippen LogP contribution is 2.41. The van der Waals surface area contributed by atoms with Crippen LogP contribution in [0.4, 0.5) is 0 Å². The zero-order chi connectivity index (χ0) is 12.1. The molecule has 2 aliphatic rings. The molecule has 0 aromatic heterocycles. The number of hydrogen-bond donors (Lipinski definition) is 1. The Morgan fingerprint density at radius 1 is 1.41 bits per heavy atom. The number of carbonyl (C=O) groups excluding carboxylic acids is 1. The second-order valence-corrected chi connectivity index (χ2v) is 5.31. The van der Waals surface area contributed by atoms with Gasteiger partial charge in [0.2, 0.25) is 0 Å². The molecule has 4 nitrogen and oxygen atoms in total. The topological polar surface area (TPSA) is 47.6 Å². The predicted octanol–water partition coefficient (Wildman–Crippen LogP) is 1.35. The van der Waals surface area contributed by atoms with Crippen LogP contribution >= 0.6 is 0 Å². The van der Waals surface area contributed by atoms with Gasteiger partial charge >= 0.3 is 5.97 Å². The molecule has 0 radical (unpaired) electrons. The van der Waals surface area contributed by atoms with E-state index in [1.54, 1.807) is 0 Å². The van der Waals surface area contributed by atoms with E-state index in [-0.39, 0.29) is 11.4 Å². The monoisotopic (exact) mass is 241 g/mol. The van der Waals surface area contributed by atoms with Gasteiger partial charge in [0.15, 0.2) is 0 Å². The Kier molecular flexibility index (Phi) is 4.40. The average molecular weight is 241 g/mol. The van der Waals surface area contributed by atoms with Crippen LogP contribution in [-0.2, 0) is 14.3 Å². The van der Waals surface area contributed by atoms with Crippen molar-refractivity contribution in [3.63, 3.8) is 0 Å². The summed E-state index contributed by atoms with van der Waals surface area (Å²) in [6, 6.07) is 0. The second-order valence-electron chi connectivity index (χ2n) is 5.31. The van der Waals surface area contributed by atoms with Crippen molar-refractivity contribution in [2.75, 3.05) is 33.4 Å². The molecule has 0 aromatic rings. The number of ether oxygens (including phenoxy) is 2. The Bertz CT molecular complexity index is 257. The highest BCUT2D eigenvalue weighted by atomic mass is 16.5. The third-order valence-electron chi connectivity index (χ3n) is 4.17. The number of carbonyl (C=O) groups is 1. The van der Waals surface area contributed by atoms with Crippen LogP contribution in [0.5, 0.6) is 0 Å². The third-order valence-corrected chi connectivity index (χ3v) is 4.17. The quantitative estimate of drug-likeness (QED) is 0.738. The lowest BCUT2D eigenvalue weighted by atomic mass is 9.68. The fourth-order valence-corrected chi connectivity index (χ4v) is 2.74.